The summed E-state index contributed by atoms with van der Waals surface area (Å²) in [6, 6.07) is 7.24. The van der Waals surface area contributed by atoms with Crippen LogP contribution in [0.2, 0.25) is 10.0 Å². The Bertz CT molecular complexity index is 409. The lowest BCUT2D eigenvalue weighted by Crippen LogP contribution is -2.43. The molecule has 0 unspecified atom stereocenters. The third-order valence-electron chi connectivity index (χ3n) is 2.89. The highest BCUT2D eigenvalue weighted by molar-refractivity contribution is 6.41. The second-order valence-electron chi connectivity index (χ2n) is 4.87. The van der Waals surface area contributed by atoms with Gasteiger partial charge in [-0.15, -0.1) is 0 Å². The Kier molecular flexibility index (Phi) is 13.9. The zero-order chi connectivity index (χ0) is 17.5. The van der Waals surface area contributed by atoms with Crippen molar-refractivity contribution in [3.05, 3.63) is 34.3 Å². The molecular formula is C16H27Cl2N3O2. The maximum absolute atomic E-state index is 10.6. The monoisotopic (exact) mass is 363 g/mol. The molecule has 1 aliphatic rings. The van der Waals surface area contributed by atoms with Crippen LogP contribution < -0.4 is 10.6 Å². The van der Waals surface area contributed by atoms with Gasteiger partial charge in [0, 0.05) is 33.9 Å². The number of ether oxygens (including phenoxy) is 1. The van der Waals surface area contributed by atoms with Crippen molar-refractivity contribution in [3.63, 3.8) is 0 Å². The molecule has 1 fully saturated rings. The number of urea groups is 1. The number of methoxy groups -OCH3 is 1. The molecule has 7 heteroatoms. The lowest BCUT2D eigenvalue weighted by atomic mass is 10.3. The van der Waals surface area contributed by atoms with Gasteiger partial charge in [0.1, 0.15) is 0 Å². The molecule has 132 valence electrons. The van der Waals surface area contributed by atoms with Gasteiger partial charge in [-0.1, -0.05) is 35.3 Å². The number of rotatable bonds is 4. The van der Waals surface area contributed by atoms with Crippen molar-refractivity contribution in [1.82, 2.24) is 15.5 Å². The van der Waals surface area contributed by atoms with Crippen LogP contribution in [-0.4, -0.2) is 58.4 Å². The van der Waals surface area contributed by atoms with Crippen molar-refractivity contribution in [2.75, 3.05) is 47.4 Å². The van der Waals surface area contributed by atoms with Gasteiger partial charge in [-0.2, -0.15) is 0 Å². The molecule has 0 atom stereocenters. The van der Waals surface area contributed by atoms with E-state index in [0.29, 0.717) is 10.0 Å². The molecule has 5 nitrogen and oxygen atoms in total. The first-order valence-corrected chi connectivity index (χ1v) is 8.31. The molecule has 0 aromatic heterocycles. The topological polar surface area (TPSA) is 53.6 Å². The quantitative estimate of drug-likeness (QED) is 0.807. The zero-order valence-corrected chi connectivity index (χ0v) is 15.6. The Morgan fingerprint density at radius 1 is 1.30 bits per heavy atom. The van der Waals surface area contributed by atoms with Gasteiger partial charge in [0.2, 0.25) is 0 Å². The summed E-state index contributed by atoms with van der Waals surface area (Å²) in [5, 5.41) is 6.95. The maximum Gasteiger partial charge on any atom is 0.317 e. The highest BCUT2D eigenvalue weighted by atomic mass is 35.5. The molecule has 2 N–H and O–H groups in total. The van der Waals surface area contributed by atoms with E-state index >= 15 is 0 Å². The van der Waals surface area contributed by atoms with Crippen molar-refractivity contribution in [2.24, 2.45) is 0 Å². The van der Waals surface area contributed by atoms with E-state index in [4.69, 9.17) is 27.9 Å². The Balaban J connectivity index is 0.000000317. The van der Waals surface area contributed by atoms with Crippen LogP contribution in [-0.2, 0) is 4.74 Å². The van der Waals surface area contributed by atoms with Crippen molar-refractivity contribution >= 4 is 29.2 Å². The summed E-state index contributed by atoms with van der Waals surface area (Å²) in [7, 11) is 5.46. The van der Waals surface area contributed by atoms with Gasteiger partial charge in [-0.3, -0.25) is 0 Å². The highest BCUT2D eigenvalue weighted by Gasteiger charge is 2.10. The third kappa shape index (κ3) is 12.1. The molecule has 0 aliphatic carbocycles. The minimum atomic E-state index is 0.0521. The van der Waals surface area contributed by atoms with Gasteiger partial charge >= 0.3 is 6.03 Å². The number of nitrogens with one attached hydrogen (secondary N) is 2. The largest absolute Gasteiger partial charge is 0.385 e. The van der Waals surface area contributed by atoms with E-state index in [9.17, 15) is 4.79 Å². The first-order valence-electron chi connectivity index (χ1n) is 7.55. The van der Waals surface area contributed by atoms with Crippen LogP contribution in [0.25, 0.3) is 0 Å². The third-order valence-corrected chi connectivity index (χ3v) is 3.65. The average Bonchev–Trinajstić information content (AvgIpc) is 2.55. The van der Waals surface area contributed by atoms with Gasteiger partial charge in [0.15, 0.2) is 0 Å². The number of nitrogens with zero attached hydrogens (tertiary/aromatic N) is 1. The number of hydrogen-bond donors (Lipinski definition) is 2. The van der Waals surface area contributed by atoms with Crippen molar-refractivity contribution in [3.8, 4) is 0 Å². The predicted molar refractivity (Wildman–Crippen MR) is 97.5 cm³/mol. The molecule has 0 spiro atoms. The van der Waals surface area contributed by atoms with Crippen LogP contribution in [0.15, 0.2) is 24.3 Å². The number of benzene rings is 1. The van der Waals surface area contributed by atoms with E-state index in [1.165, 1.54) is 0 Å². The van der Waals surface area contributed by atoms with Crippen molar-refractivity contribution < 1.29 is 9.53 Å². The number of carbonyl (C=O) groups excluding carboxylic acids is 1. The molecule has 2 rings (SSSR count). The fourth-order valence-electron chi connectivity index (χ4n) is 1.58. The summed E-state index contributed by atoms with van der Waals surface area (Å²) in [6.45, 7) is 3.64. The molecule has 0 bridgehead atoms. The van der Waals surface area contributed by atoms with Crippen LogP contribution in [0.3, 0.4) is 0 Å². The number of hydrogen-bond acceptors (Lipinski definition) is 3. The number of carbonyl (C=O) groups is 1. The predicted octanol–water partition coefficient (Wildman–Crippen LogP) is 3.27. The van der Waals surface area contributed by atoms with Crippen LogP contribution in [0.4, 0.5) is 4.79 Å². The lowest BCUT2D eigenvalue weighted by Gasteiger charge is -2.22. The number of halogens is 2. The Labute approximate surface area is 149 Å². The molecule has 1 saturated heterocycles. The standard InChI is InChI=1S/C6H4Cl2.C5H10N2O.C5H13NO/c7-5-3-1-2-4-6(5)8;1-7-4-2-3-6-5(7)8;1-6-4-3-5-7-2/h1-4H;2-4H2,1H3,(H,6,8);6H,3-5H2,1-2H3. The average molecular weight is 364 g/mol. The zero-order valence-electron chi connectivity index (χ0n) is 14.1. The van der Waals surface area contributed by atoms with E-state index in [2.05, 4.69) is 10.6 Å². The first kappa shape index (κ1) is 22.0. The summed E-state index contributed by atoms with van der Waals surface area (Å²) >= 11 is 11.2. The fraction of sp³-hybridized carbons (Fsp3) is 0.562. The molecule has 1 aromatic rings. The van der Waals surface area contributed by atoms with Crippen molar-refractivity contribution in [2.45, 2.75) is 12.8 Å². The van der Waals surface area contributed by atoms with E-state index in [1.807, 2.05) is 19.2 Å². The molecule has 1 heterocycles. The van der Waals surface area contributed by atoms with E-state index < -0.39 is 0 Å². The van der Waals surface area contributed by atoms with Crippen LogP contribution in [0.1, 0.15) is 12.8 Å². The first-order chi connectivity index (χ1) is 11.0. The Morgan fingerprint density at radius 2 is 1.91 bits per heavy atom. The smallest absolute Gasteiger partial charge is 0.317 e. The lowest BCUT2D eigenvalue weighted by molar-refractivity contribution is 0.195. The Morgan fingerprint density at radius 3 is 2.26 bits per heavy atom. The molecule has 1 aromatic carbocycles. The SMILES string of the molecule is CN1CCCNC1=O.CNCCCOC.Clc1ccccc1Cl. The second kappa shape index (κ2) is 14.6. The van der Waals surface area contributed by atoms with Gasteiger partial charge < -0.3 is 20.3 Å². The summed E-state index contributed by atoms with van der Waals surface area (Å²) in [5.41, 5.74) is 0. The highest BCUT2D eigenvalue weighted by Crippen LogP contribution is 2.19. The molecular weight excluding hydrogens is 337 g/mol. The molecule has 23 heavy (non-hydrogen) atoms. The van der Waals surface area contributed by atoms with Gasteiger partial charge in [0.05, 0.1) is 10.0 Å². The van der Waals surface area contributed by atoms with E-state index in [0.717, 1.165) is 39.1 Å². The van der Waals surface area contributed by atoms with Crippen molar-refractivity contribution in [1.29, 1.82) is 0 Å². The minimum absolute atomic E-state index is 0.0521. The van der Waals surface area contributed by atoms with Crippen LogP contribution in [0.5, 0.6) is 0 Å². The van der Waals surface area contributed by atoms with Crippen LogP contribution >= 0.6 is 23.2 Å². The number of amides is 2. The minimum Gasteiger partial charge on any atom is -0.385 e. The second-order valence-corrected chi connectivity index (χ2v) is 5.69. The van der Waals surface area contributed by atoms with E-state index in [1.54, 1.807) is 31.2 Å². The molecule has 0 saturated carbocycles. The molecule has 1 aliphatic heterocycles. The molecule has 2 amide bonds. The van der Waals surface area contributed by atoms with Gasteiger partial charge in [0.25, 0.3) is 0 Å². The summed E-state index contributed by atoms with van der Waals surface area (Å²) in [6.07, 6.45) is 2.18. The maximum atomic E-state index is 10.6. The van der Waals surface area contributed by atoms with Gasteiger partial charge in [-0.25, -0.2) is 4.79 Å². The summed E-state index contributed by atoms with van der Waals surface area (Å²) in [5.74, 6) is 0. The molecule has 0 radical (unpaired) electrons. The fourth-order valence-corrected chi connectivity index (χ4v) is 1.85. The summed E-state index contributed by atoms with van der Waals surface area (Å²) in [4.78, 5) is 12.3. The van der Waals surface area contributed by atoms with E-state index in [-0.39, 0.29) is 6.03 Å². The summed E-state index contributed by atoms with van der Waals surface area (Å²) < 4.78 is 4.80. The Hall–Kier alpha value is -1.01. The van der Waals surface area contributed by atoms with Gasteiger partial charge in [-0.05, 0) is 38.6 Å². The normalized spacial score (nSPS) is 13.3. The van der Waals surface area contributed by atoms with Crippen LogP contribution in [0, 0.1) is 0 Å².